The molecule has 1 atom stereocenters. The molecule has 0 spiro atoms. The quantitative estimate of drug-likeness (QED) is 0.911. The molecule has 6 heteroatoms. The summed E-state index contributed by atoms with van der Waals surface area (Å²) in [4.78, 5) is 16.2. The van der Waals surface area contributed by atoms with E-state index in [0.29, 0.717) is 0 Å². The van der Waals surface area contributed by atoms with Crippen LogP contribution in [0.5, 0.6) is 0 Å². The summed E-state index contributed by atoms with van der Waals surface area (Å²) in [6, 6.07) is 7.12. The zero-order valence-corrected chi connectivity index (χ0v) is 13.0. The third-order valence-corrected chi connectivity index (χ3v) is 3.65. The molecule has 3 N–H and O–H groups in total. The van der Waals surface area contributed by atoms with Crippen molar-refractivity contribution < 1.29 is 4.79 Å². The molecule has 0 aliphatic heterocycles. The number of nitrogens with one attached hydrogen (secondary N) is 1. The van der Waals surface area contributed by atoms with Gasteiger partial charge in [-0.05, 0) is 18.1 Å². The molecule has 20 heavy (non-hydrogen) atoms. The standard InChI is InChI=1S/C14H17N3OS.ClH/c1-9(2)12(15)13(18)17-11-5-3-4-10(8-11)14-16-6-7-19-14;/h3-9,12H,15H2,1-2H3,(H,17,18);1H/t12-;/m1./s1. The van der Waals surface area contributed by atoms with Crippen LogP contribution in [0.4, 0.5) is 5.69 Å². The smallest absolute Gasteiger partial charge is 0.241 e. The molecule has 0 radical (unpaired) electrons. The molecule has 0 fully saturated rings. The lowest BCUT2D eigenvalue weighted by molar-refractivity contribution is -0.118. The average Bonchev–Trinajstić information content (AvgIpc) is 2.91. The van der Waals surface area contributed by atoms with Crippen LogP contribution in [0.2, 0.25) is 0 Å². The van der Waals surface area contributed by atoms with E-state index in [1.165, 1.54) is 0 Å². The van der Waals surface area contributed by atoms with Gasteiger partial charge in [0.15, 0.2) is 0 Å². The van der Waals surface area contributed by atoms with Gasteiger partial charge in [-0.25, -0.2) is 4.98 Å². The number of rotatable bonds is 4. The van der Waals surface area contributed by atoms with Gasteiger partial charge in [0.25, 0.3) is 0 Å². The number of benzene rings is 1. The van der Waals surface area contributed by atoms with Crippen molar-refractivity contribution in [2.24, 2.45) is 11.7 Å². The minimum absolute atomic E-state index is 0. The number of hydrogen-bond acceptors (Lipinski definition) is 4. The third-order valence-electron chi connectivity index (χ3n) is 2.83. The minimum Gasteiger partial charge on any atom is -0.325 e. The summed E-state index contributed by atoms with van der Waals surface area (Å²) in [6.45, 7) is 3.85. The van der Waals surface area contributed by atoms with E-state index in [-0.39, 0.29) is 24.2 Å². The van der Waals surface area contributed by atoms with Crippen molar-refractivity contribution in [2.45, 2.75) is 19.9 Å². The van der Waals surface area contributed by atoms with Crippen molar-refractivity contribution in [3.05, 3.63) is 35.8 Å². The highest BCUT2D eigenvalue weighted by molar-refractivity contribution is 7.13. The number of aromatic nitrogens is 1. The molecule has 1 aromatic heterocycles. The summed E-state index contributed by atoms with van der Waals surface area (Å²) in [6.07, 6.45) is 1.76. The predicted octanol–water partition coefficient (Wildman–Crippen LogP) is 3.15. The highest BCUT2D eigenvalue weighted by Gasteiger charge is 2.17. The summed E-state index contributed by atoms with van der Waals surface area (Å²) in [5, 5.41) is 5.70. The van der Waals surface area contributed by atoms with E-state index in [2.05, 4.69) is 10.3 Å². The summed E-state index contributed by atoms with van der Waals surface area (Å²) in [5.74, 6) is -0.0477. The van der Waals surface area contributed by atoms with Gasteiger partial charge in [0.05, 0.1) is 6.04 Å². The second-order valence-electron chi connectivity index (χ2n) is 4.68. The van der Waals surface area contributed by atoms with Crippen LogP contribution in [0.25, 0.3) is 10.6 Å². The van der Waals surface area contributed by atoms with E-state index < -0.39 is 6.04 Å². The summed E-state index contributed by atoms with van der Waals surface area (Å²) in [5.41, 5.74) is 7.55. The number of halogens is 1. The Balaban J connectivity index is 0.00000200. The summed E-state index contributed by atoms with van der Waals surface area (Å²) < 4.78 is 0. The van der Waals surface area contributed by atoms with Gasteiger partial charge in [-0.3, -0.25) is 4.79 Å². The molecular formula is C14H18ClN3OS. The maximum Gasteiger partial charge on any atom is 0.241 e. The Morgan fingerprint density at radius 2 is 2.15 bits per heavy atom. The Morgan fingerprint density at radius 3 is 2.75 bits per heavy atom. The Hall–Kier alpha value is -1.43. The maximum absolute atomic E-state index is 11.9. The van der Waals surface area contributed by atoms with E-state index in [9.17, 15) is 4.79 Å². The highest BCUT2D eigenvalue weighted by atomic mass is 35.5. The fourth-order valence-corrected chi connectivity index (χ4v) is 2.26. The van der Waals surface area contributed by atoms with Crippen molar-refractivity contribution in [3.63, 3.8) is 0 Å². The fourth-order valence-electron chi connectivity index (χ4n) is 1.62. The number of anilines is 1. The largest absolute Gasteiger partial charge is 0.325 e. The van der Waals surface area contributed by atoms with Crippen molar-refractivity contribution in [3.8, 4) is 10.6 Å². The molecule has 0 aliphatic rings. The van der Waals surface area contributed by atoms with Crippen LogP contribution >= 0.6 is 23.7 Å². The first-order valence-corrected chi connectivity index (χ1v) is 7.02. The van der Waals surface area contributed by atoms with Gasteiger partial charge < -0.3 is 11.1 Å². The van der Waals surface area contributed by atoms with E-state index in [1.54, 1.807) is 17.5 Å². The zero-order valence-electron chi connectivity index (χ0n) is 11.4. The zero-order chi connectivity index (χ0) is 13.8. The molecule has 2 aromatic rings. The number of nitrogens with two attached hydrogens (primary N) is 1. The van der Waals surface area contributed by atoms with E-state index in [1.807, 2.05) is 43.5 Å². The fraction of sp³-hybridized carbons (Fsp3) is 0.286. The number of carbonyl (C=O) groups is 1. The highest BCUT2D eigenvalue weighted by Crippen LogP contribution is 2.24. The molecule has 0 aliphatic carbocycles. The van der Waals surface area contributed by atoms with Crippen LogP contribution in [-0.2, 0) is 4.79 Å². The number of carbonyl (C=O) groups excluding carboxylic acids is 1. The molecule has 0 saturated heterocycles. The average molecular weight is 312 g/mol. The van der Waals surface area contributed by atoms with Crippen LogP contribution < -0.4 is 11.1 Å². The maximum atomic E-state index is 11.9. The molecular weight excluding hydrogens is 294 g/mol. The molecule has 4 nitrogen and oxygen atoms in total. The number of amides is 1. The molecule has 108 valence electrons. The third kappa shape index (κ3) is 4.03. The molecule has 1 heterocycles. The van der Waals surface area contributed by atoms with Gasteiger partial charge in [0.1, 0.15) is 5.01 Å². The number of hydrogen-bond donors (Lipinski definition) is 2. The van der Waals surface area contributed by atoms with Gasteiger partial charge in [-0.1, -0.05) is 26.0 Å². The van der Waals surface area contributed by atoms with Gasteiger partial charge in [0, 0.05) is 22.8 Å². The predicted molar refractivity (Wildman–Crippen MR) is 86.2 cm³/mol. The second-order valence-corrected chi connectivity index (χ2v) is 5.57. The number of thiazole rings is 1. The van der Waals surface area contributed by atoms with Gasteiger partial charge in [-0.2, -0.15) is 0 Å². The normalized spacial score (nSPS) is 11.8. The minimum atomic E-state index is -0.497. The summed E-state index contributed by atoms with van der Waals surface area (Å²) in [7, 11) is 0. The molecule has 0 bridgehead atoms. The molecule has 0 unspecified atom stereocenters. The SMILES string of the molecule is CC(C)[C@@H](N)C(=O)Nc1cccc(-c2nccs2)c1.Cl. The Kier molecular flexibility index (Phi) is 6.13. The first-order chi connectivity index (χ1) is 9.08. The topological polar surface area (TPSA) is 68.0 Å². The Bertz CT molecular complexity index is 557. The lowest BCUT2D eigenvalue weighted by Crippen LogP contribution is -2.39. The van der Waals surface area contributed by atoms with Crippen LogP contribution in [0, 0.1) is 5.92 Å². The molecule has 1 aromatic carbocycles. The Morgan fingerprint density at radius 1 is 1.40 bits per heavy atom. The van der Waals surface area contributed by atoms with Crippen molar-refractivity contribution in [1.29, 1.82) is 0 Å². The van der Waals surface area contributed by atoms with E-state index in [0.717, 1.165) is 16.3 Å². The Labute approximate surface area is 128 Å². The summed E-state index contributed by atoms with van der Waals surface area (Å²) >= 11 is 1.57. The monoisotopic (exact) mass is 311 g/mol. The van der Waals surface area contributed by atoms with Crippen molar-refractivity contribution >= 4 is 35.3 Å². The van der Waals surface area contributed by atoms with Gasteiger partial charge in [-0.15, -0.1) is 23.7 Å². The van der Waals surface area contributed by atoms with E-state index >= 15 is 0 Å². The molecule has 2 rings (SSSR count). The van der Waals surface area contributed by atoms with Crippen LogP contribution in [0.1, 0.15) is 13.8 Å². The van der Waals surface area contributed by atoms with Gasteiger partial charge >= 0.3 is 0 Å². The number of nitrogens with zero attached hydrogens (tertiary/aromatic N) is 1. The second kappa shape index (κ2) is 7.38. The van der Waals surface area contributed by atoms with Crippen LogP contribution in [0.3, 0.4) is 0 Å². The van der Waals surface area contributed by atoms with Crippen LogP contribution in [0.15, 0.2) is 35.8 Å². The lowest BCUT2D eigenvalue weighted by Gasteiger charge is -2.15. The lowest BCUT2D eigenvalue weighted by atomic mass is 10.0. The molecule has 1 amide bonds. The first kappa shape index (κ1) is 16.6. The van der Waals surface area contributed by atoms with Crippen molar-refractivity contribution in [2.75, 3.05) is 5.32 Å². The molecule has 0 saturated carbocycles. The van der Waals surface area contributed by atoms with Crippen LogP contribution in [-0.4, -0.2) is 16.9 Å². The first-order valence-electron chi connectivity index (χ1n) is 6.14. The van der Waals surface area contributed by atoms with Crippen molar-refractivity contribution in [1.82, 2.24) is 4.98 Å². The van der Waals surface area contributed by atoms with Gasteiger partial charge in [0.2, 0.25) is 5.91 Å². The van der Waals surface area contributed by atoms with E-state index in [4.69, 9.17) is 5.73 Å².